The maximum absolute atomic E-state index is 14.0. The molecule has 0 aliphatic rings. The molecule has 1 rings (SSSR count). The fourth-order valence-corrected chi connectivity index (χ4v) is 2.04. The Morgan fingerprint density at radius 2 is 2.11 bits per heavy atom. The Bertz CT molecular complexity index is 369. The first-order valence-corrected chi connectivity index (χ1v) is 6.51. The third-order valence-electron chi connectivity index (χ3n) is 2.98. The van der Waals surface area contributed by atoms with E-state index in [0.29, 0.717) is 12.2 Å². The Kier molecular flexibility index (Phi) is 6.09. The van der Waals surface area contributed by atoms with E-state index in [0.717, 1.165) is 24.9 Å². The zero-order valence-corrected chi connectivity index (χ0v) is 11.2. The van der Waals surface area contributed by atoms with Gasteiger partial charge >= 0.3 is 0 Å². The maximum Gasteiger partial charge on any atom is 0.146 e. The molecule has 0 aliphatic heterocycles. The van der Waals surface area contributed by atoms with Crippen LogP contribution in [0.15, 0.2) is 18.2 Å². The van der Waals surface area contributed by atoms with Gasteiger partial charge in [-0.1, -0.05) is 25.5 Å². The summed E-state index contributed by atoms with van der Waals surface area (Å²) in [6.45, 7) is 5.11. The highest BCUT2D eigenvalue weighted by molar-refractivity contribution is 5.56. The van der Waals surface area contributed by atoms with Gasteiger partial charge in [-0.2, -0.15) is 0 Å². The van der Waals surface area contributed by atoms with Crippen molar-refractivity contribution in [1.82, 2.24) is 0 Å². The van der Waals surface area contributed by atoms with E-state index in [1.807, 2.05) is 17.9 Å². The Morgan fingerprint density at radius 1 is 1.39 bits per heavy atom. The van der Waals surface area contributed by atoms with Crippen molar-refractivity contribution < 1.29 is 9.50 Å². The molecule has 0 saturated heterocycles. The Balaban J connectivity index is 3.08. The molecule has 0 fully saturated rings. The lowest BCUT2D eigenvalue weighted by Crippen LogP contribution is -2.30. The molecule has 0 unspecified atom stereocenters. The summed E-state index contributed by atoms with van der Waals surface area (Å²) in [5.41, 5.74) is 7.22. The van der Waals surface area contributed by atoms with Crippen LogP contribution in [0.2, 0.25) is 0 Å². The number of hydrogen-bond acceptors (Lipinski definition) is 3. The second-order valence-corrected chi connectivity index (χ2v) is 4.53. The number of para-hydroxylation sites is 1. The van der Waals surface area contributed by atoms with E-state index in [4.69, 9.17) is 10.8 Å². The van der Waals surface area contributed by atoms with Crippen LogP contribution in [0.4, 0.5) is 10.1 Å². The fraction of sp³-hybridized carbons (Fsp3) is 0.571. The van der Waals surface area contributed by atoms with Crippen molar-refractivity contribution in [2.24, 2.45) is 5.73 Å². The first-order valence-electron chi connectivity index (χ1n) is 6.51. The average Bonchev–Trinajstić information content (AvgIpc) is 2.34. The third-order valence-corrected chi connectivity index (χ3v) is 2.98. The van der Waals surface area contributed by atoms with Crippen molar-refractivity contribution in [3.63, 3.8) is 0 Å². The van der Waals surface area contributed by atoms with Gasteiger partial charge in [0.05, 0.1) is 12.3 Å². The zero-order chi connectivity index (χ0) is 13.5. The monoisotopic (exact) mass is 254 g/mol. The first-order chi connectivity index (χ1) is 8.61. The van der Waals surface area contributed by atoms with Gasteiger partial charge in [-0.05, 0) is 25.0 Å². The summed E-state index contributed by atoms with van der Waals surface area (Å²) in [5.74, 6) is -0.269. The molecule has 18 heavy (non-hydrogen) atoms. The number of aliphatic hydroxyl groups is 1. The molecule has 0 aliphatic carbocycles. The summed E-state index contributed by atoms with van der Waals surface area (Å²) >= 11 is 0. The number of halogens is 1. The van der Waals surface area contributed by atoms with Crippen molar-refractivity contribution in [2.45, 2.75) is 32.7 Å². The van der Waals surface area contributed by atoms with Crippen molar-refractivity contribution >= 4 is 5.69 Å². The molecule has 1 atom stereocenters. The second-order valence-electron chi connectivity index (χ2n) is 4.53. The molecule has 4 heteroatoms. The fourth-order valence-electron chi connectivity index (χ4n) is 2.04. The molecule has 0 bridgehead atoms. The quantitative estimate of drug-likeness (QED) is 0.785. The van der Waals surface area contributed by atoms with Crippen molar-refractivity contribution in [2.75, 3.05) is 24.6 Å². The number of benzene rings is 1. The molecule has 1 aromatic carbocycles. The molecule has 0 aromatic heterocycles. The molecule has 3 N–H and O–H groups in total. The first kappa shape index (κ1) is 14.9. The standard InChI is InChI=1S/C14H23FN2O/c1-3-4-8-17(9-10-18)14-12(11(2)16)6-5-7-13(14)15/h5-7,11,18H,3-4,8-10,16H2,1-2H3/t11-/m0/s1. The minimum Gasteiger partial charge on any atom is -0.395 e. The van der Waals surface area contributed by atoms with Crippen LogP contribution in [0.25, 0.3) is 0 Å². The summed E-state index contributed by atoms with van der Waals surface area (Å²) in [4.78, 5) is 1.89. The number of unbranched alkanes of at least 4 members (excludes halogenated alkanes) is 1. The highest BCUT2D eigenvalue weighted by atomic mass is 19.1. The number of nitrogens with two attached hydrogens (primary N) is 1. The summed E-state index contributed by atoms with van der Waals surface area (Å²) in [6.07, 6.45) is 2.00. The largest absolute Gasteiger partial charge is 0.395 e. The van der Waals surface area contributed by atoms with E-state index in [-0.39, 0.29) is 18.5 Å². The van der Waals surface area contributed by atoms with Crippen LogP contribution in [0.1, 0.15) is 38.3 Å². The SMILES string of the molecule is CCCCN(CCO)c1c(F)cccc1[C@H](C)N. The van der Waals surface area contributed by atoms with Gasteiger partial charge in [0.1, 0.15) is 5.82 Å². The van der Waals surface area contributed by atoms with E-state index in [1.165, 1.54) is 6.07 Å². The lowest BCUT2D eigenvalue weighted by molar-refractivity contribution is 0.301. The molecule has 0 amide bonds. The number of nitrogens with zero attached hydrogens (tertiary/aromatic N) is 1. The van der Waals surface area contributed by atoms with Gasteiger partial charge in [0.15, 0.2) is 0 Å². The Labute approximate surface area is 108 Å². The Hall–Kier alpha value is -1.13. The summed E-state index contributed by atoms with van der Waals surface area (Å²) < 4.78 is 14.0. The molecule has 0 saturated carbocycles. The molecule has 0 heterocycles. The molecule has 3 nitrogen and oxygen atoms in total. The van der Waals surface area contributed by atoms with E-state index in [9.17, 15) is 4.39 Å². The van der Waals surface area contributed by atoms with Gasteiger partial charge in [0, 0.05) is 19.1 Å². The molecule has 1 aromatic rings. The zero-order valence-electron chi connectivity index (χ0n) is 11.2. The lowest BCUT2D eigenvalue weighted by Gasteiger charge is -2.28. The molecular weight excluding hydrogens is 231 g/mol. The smallest absolute Gasteiger partial charge is 0.146 e. The van der Waals surface area contributed by atoms with Crippen LogP contribution < -0.4 is 10.6 Å². The van der Waals surface area contributed by atoms with E-state index >= 15 is 0 Å². The van der Waals surface area contributed by atoms with Gasteiger partial charge in [-0.3, -0.25) is 0 Å². The van der Waals surface area contributed by atoms with Crippen LogP contribution in [0.5, 0.6) is 0 Å². The van der Waals surface area contributed by atoms with Gasteiger partial charge in [-0.15, -0.1) is 0 Å². The van der Waals surface area contributed by atoms with Crippen LogP contribution in [-0.4, -0.2) is 24.8 Å². The van der Waals surface area contributed by atoms with Crippen molar-refractivity contribution in [1.29, 1.82) is 0 Å². The Morgan fingerprint density at radius 3 is 2.67 bits per heavy atom. The topological polar surface area (TPSA) is 49.5 Å². The van der Waals surface area contributed by atoms with Crippen LogP contribution in [0, 0.1) is 5.82 Å². The molecule has 0 spiro atoms. The second kappa shape index (κ2) is 7.34. The van der Waals surface area contributed by atoms with E-state index in [1.54, 1.807) is 6.07 Å². The van der Waals surface area contributed by atoms with Crippen molar-refractivity contribution in [3.8, 4) is 0 Å². The average molecular weight is 254 g/mol. The van der Waals surface area contributed by atoms with Crippen LogP contribution >= 0.6 is 0 Å². The number of aliphatic hydroxyl groups excluding tert-OH is 1. The van der Waals surface area contributed by atoms with Gasteiger partial charge < -0.3 is 15.7 Å². The summed E-state index contributed by atoms with van der Waals surface area (Å²) in [5, 5.41) is 9.12. The minimum absolute atomic E-state index is 0.0104. The predicted molar refractivity (Wildman–Crippen MR) is 73.2 cm³/mol. The highest BCUT2D eigenvalue weighted by Crippen LogP contribution is 2.28. The molecule has 102 valence electrons. The third kappa shape index (κ3) is 3.68. The van der Waals surface area contributed by atoms with E-state index in [2.05, 4.69) is 6.92 Å². The number of rotatable bonds is 7. The highest BCUT2D eigenvalue weighted by Gasteiger charge is 2.17. The molecule has 0 radical (unpaired) electrons. The van der Waals surface area contributed by atoms with Gasteiger partial charge in [0.25, 0.3) is 0 Å². The minimum atomic E-state index is -0.269. The summed E-state index contributed by atoms with van der Waals surface area (Å²) in [7, 11) is 0. The van der Waals surface area contributed by atoms with E-state index < -0.39 is 0 Å². The van der Waals surface area contributed by atoms with Crippen LogP contribution in [-0.2, 0) is 0 Å². The van der Waals surface area contributed by atoms with Crippen LogP contribution in [0.3, 0.4) is 0 Å². The lowest BCUT2D eigenvalue weighted by atomic mass is 10.0. The molecular formula is C14H23FN2O. The van der Waals surface area contributed by atoms with Gasteiger partial charge in [-0.25, -0.2) is 4.39 Å². The van der Waals surface area contributed by atoms with Gasteiger partial charge in [0.2, 0.25) is 0 Å². The normalized spacial score (nSPS) is 12.5. The number of hydrogen-bond donors (Lipinski definition) is 2. The number of anilines is 1. The summed E-state index contributed by atoms with van der Waals surface area (Å²) in [6, 6.07) is 4.74. The maximum atomic E-state index is 14.0. The van der Waals surface area contributed by atoms with Crippen molar-refractivity contribution in [3.05, 3.63) is 29.6 Å². The predicted octanol–water partition coefficient (Wildman–Crippen LogP) is 2.44.